The minimum atomic E-state index is 0.543. The van der Waals surface area contributed by atoms with E-state index in [2.05, 4.69) is 38.4 Å². The molecule has 0 atom stereocenters. The lowest BCUT2D eigenvalue weighted by atomic mass is 10.2. The van der Waals surface area contributed by atoms with Crippen LogP contribution in [0.4, 0.5) is 22.2 Å². The first-order chi connectivity index (χ1) is 15.7. The van der Waals surface area contributed by atoms with Crippen molar-refractivity contribution < 1.29 is 4.74 Å². The Morgan fingerprint density at radius 1 is 0.875 bits per heavy atom. The summed E-state index contributed by atoms with van der Waals surface area (Å²) in [5, 5.41) is 26.5. The van der Waals surface area contributed by atoms with Crippen molar-refractivity contribution in [2.45, 2.75) is 19.8 Å². The Bertz CT molecular complexity index is 1290. The fourth-order valence-electron chi connectivity index (χ4n) is 2.77. The van der Waals surface area contributed by atoms with Gasteiger partial charge in [-0.2, -0.15) is 15.5 Å². The van der Waals surface area contributed by atoms with E-state index in [0.717, 1.165) is 46.8 Å². The van der Waals surface area contributed by atoms with Crippen molar-refractivity contribution in [3.05, 3.63) is 72.3 Å². The Labute approximate surface area is 189 Å². The number of unbranched alkanes of at least 4 members (excludes halogenated alkanes) is 1. The summed E-state index contributed by atoms with van der Waals surface area (Å²) < 4.78 is 6.56. The van der Waals surface area contributed by atoms with Crippen molar-refractivity contribution in [2.24, 2.45) is 20.5 Å². The molecule has 0 aliphatic rings. The molecule has 0 amide bonds. The Hall–Kier alpha value is -3.96. The molecule has 0 N–H and O–H groups in total. The maximum absolute atomic E-state index is 9.00. The van der Waals surface area contributed by atoms with E-state index in [1.54, 1.807) is 12.1 Å². The largest absolute Gasteiger partial charge is 0.494 e. The van der Waals surface area contributed by atoms with Crippen molar-refractivity contribution in [2.75, 3.05) is 6.61 Å². The topological polar surface area (TPSA) is 95.3 Å². The van der Waals surface area contributed by atoms with Gasteiger partial charge in [0.2, 0.25) is 5.13 Å². The number of hydrogen-bond donors (Lipinski definition) is 0. The van der Waals surface area contributed by atoms with Crippen molar-refractivity contribution in [3.63, 3.8) is 0 Å². The van der Waals surface area contributed by atoms with Crippen LogP contribution in [0.1, 0.15) is 25.3 Å². The molecule has 0 radical (unpaired) electrons. The number of nitrogens with zero attached hydrogens (tertiary/aromatic N) is 6. The van der Waals surface area contributed by atoms with E-state index in [4.69, 9.17) is 10.00 Å². The Morgan fingerprint density at radius 3 is 2.12 bits per heavy atom. The summed E-state index contributed by atoms with van der Waals surface area (Å²) in [4.78, 5) is 4.42. The summed E-state index contributed by atoms with van der Waals surface area (Å²) in [7, 11) is 0. The fourth-order valence-corrected chi connectivity index (χ4v) is 3.60. The molecular weight excluding hydrogens is 420 g/mol. The third kappa shape index (κ3) is 5.59. The van der Waals surface area contributed by atoms with Gasteiger partial charge in [0.05, 0.1) is 45.5 Å². The molecule has 7 nitrogen and oxygen atoms in total. The summed E-state index contributed by atoms with van der Waals surface area (Å²) in [5.41, 5.74) is 3.57. The minimum absolute atomic E-state index is 0.543. The standard InChI is InChI=1S/C24H20N6OS/c1-2-3-14-31-21-11-9-20(10-12-21)28-27-18-5-7-19(8-6-18)29-30-24-26-22-13-4-17(16-25)15-23(22)32-24/h4-13,15H,2-3,14H2,1H3. The summed E-state index contributed by atoms with van der Waals surface area (Å²) in [6.07, 6.45) is 2.15. The van der Waals surface area contributed by atoms with E-state index in [1.165, 1.54) is 11.3 Å². The zero-order chi connectivity index (χ0) is 22.2. The van der Waals surface area contributed by atoms with Crippen LogP contribution in [0, 0.1) is 11.3 Å². The van der Waals surface area contributed by atoms with Gasteiger partial charge < -0.3 is 4.74 Å². The average Bonchev–Trinajstić information content (AvgIpc) is 3.25. The summed E-state index contributed by atoms with van der Waals surface area (Å²) in [6, 6.07) is 22.4. The lowest BCUT2D eigenvalue weighted by molar-refractivity contribution is 0.309. The molecule has 4 aromatic rings. The normalized spacial score (nSPS) is 11.4. The van der Waals surface area contributed by atoms with Gasteiger partial charge in [-0.1, -0.05) is 24.7 Å². The molecule has 0 spiro atoms. The van der Waals surface area contributed by atoms with Crippen LogP contribution in [0.5, 0.6) is 5.75 Å². The number of benzene rings is 3. The molecule has 1 aromatic heterocycles. The van der Waals surface area contributed by atoms with Crippen LogP contribution in [0.15, 0.2) is 87.2 Å². The van der Waals surface area contributed by atoms with Crippen molar-refractivity contribution in [1.29, 1.82) is 5.26 Å². The Balaban J connectivity index is 1.37. The molecule has 158 valence electrons. The van der Waals surface area contributed by atoms with Crippen molar-refractivity contribution >= 4 is 43.7 Å². The minimum Gasteiger partial charge on any atom is -0.494 e. The lowest BCUT2D eigenvalue weighted by Crippen LogP contribution is -1.95. The van der Waals surface area contributed by atoms with E-state index < -0.39 is 0 Å². The van der Waals surface area contributed by atoms with Crippen LogP contribution in [0.2, 0.25) is 0 Å². The van der Waals surface area contributed by atoms with E-state index in [-0.39, 0.29) is 0 Å². The molecule has 0 unspecified atom stereocenters. The maximum atomic E-state index is 9.00. The molecule has 1 heterocycles. The second kappa shape index (κ2) is 10.4. The van der Waals surface area contributed by atoms with Gasteiger partial charge in [-0.15, -0.1) is 10.2 Å². The molecule has 8 heteroatoms. The van der Waals surface area contributed by atoms with Crippen LogP contribution in [0.25, 0.3) is 10.2 Å². The molecule has 0 saturated heterocycles. The van der Waals surface area contributed by atoms with Crippen LogP contribution in [0.3, 0.4) is 0 Å². The van der Waals surface area contributed by atoms with Crippen LogP contribution in [-0.2, 0) is 0 Å². The van der Waals surface area contributed by atoms with Gasteiger partial charge in [0, 0.05) is 0 Å². The molecule has 3 aromatic carbocycles. The number of rotatable bonds is 8. The highest BCUT2D eigenvalue weighted by Gasteiger charge is 2.04. The predicted octanol–water partition coefficient (Wildman–Crippen LogP) is 8.18. The van der Waals surface area contributed by atoms with Gasteiger partial charge >= 0.3 is 0 Å². The van der Waals surface area contributed by atoms with E-state index in [9.17, 15) is 0 Å². The molecule has 0 saturated carbocycles. The van der Waals surface area contributed by atoms with E-state index in [1.807, 2.05) is 54.6 Å². The van der Waals surface area contributed by atoms with E-state index in [0.29, 0.717) is 16.4 Å². The maximum Gasteiger partial charge on any atom is 0.231 e. The van der Waals surface area contributed by atoms with E-state index >= 15 is 0 Å². The van der Waals surface area contributed by atoms with Gasteiger partial charge in [0.25, 0.3) is 0 Å². The SMILES string of the molecule is CCCCOc1ccc(N=Nc2ccc(N=Nc3nc4ccc(C#N)cc4s3)cc2)cc1. The molecule has 4 rings (SSSR count). The zero-order valence-electron chi connectivity index (χ0n) is 17.5. The molecule has 0 bridgehead atoms. The molecule has 32 heavy (non-hydrogen) atoms. The van der Waals surface area contributed by atoms with Gasteiger partial charge in [-0.25, -0.2) is 4.98 Å². The number of hydrogen-bond acceptors (Lipinski definition) is 8. The number of fused-ring (bicyclic) bond motifs is 1. The zero-order valence-corrected chi connectivity index (χ0v) is 18.3. The fraction of sp³-hybridized carbons (Fsp3) is 0.167. The third-order valence-electron chi connectivity index (χ3n) is 4.49. The van der Waals surface area contributed by atoms with Crippen molar-refractivity contribution in [1.82, 2.24) is 4.98 Å². The third-order valence-corrected chi connectivity index (χ3v) is 5.39. The lowest BCUT2D eigenvalue weighted by Gasteiger charge is -2.04. The number of nitriles is 1. The first-order valence-corrected chi connectivity index (χ1v) is 11.0. The second-order valence-corrected chi connectivity index (χ2v) is 7.91. The predicted molar refractivity (Wildman–Crippen MR) is 126 cm³/mol. The smallest absolute Gasteiger partial charge is 0.231 e. The van der Waals surface area contributed by atoms with Crippen LogP contribution >= 0.6 is 11.3 Å². The van der Waals surface area contributed by atoms with Crippen LogP contribution < -0.4 is 4.74 Å². The Kier molecular flexibility index (Phi) is 6.90. The quantitative estimate of drug-likeness (QED) is 0.204. The number of thiazole rings is 1. The highest BCUT2D eigenvalue weighted by Crippen LogP contribution is 2.30. The first kappa shape index (κ1) is 21.3. The van der Waals surface area contributed by atoms with Gasteiger partial charge in [-0.3, -0.25) is 0 Å². The summed E-state index contributed by atoms with van der Waals surface area (Å²) in [5.74, 6) is 0.839. The van der Waals surface area contributed by atoms with Gasteiger partial charge in [0.1, 0.15) is 5.75 Å². The molecule has 0 fully saturated rings. The molecular formula is C24H20N6OS. The molecule has 0 aliphatic heterocycles. The highest BCUT2D eigenvalue weighted by molar-refractivity contribution is 7.21. The average molecular weight is 441 g/mol. The summed E-state index contributed by atoms with van der Waals surface area (Å²) >= 11 is 1.40. The van der Waals surface area contributed by atoms with Gasteiger partial charge in [-0.05, 0) is 73.2 Å². The van der Waals surface area contributed by atoms with Crippen LogP contribution in [-0.4, -0.2) is 11.6 Å². The highest BCUT2D eigenvalue weighted by atomic mass is 32.1. The Morgan fingerprint density at radius 2 is 1.50 bits per heavy atom. The monoisotopic (exact) mass is 440 g/mol. The number of aromatic nitrogens is 1. The van der Waals surface area contributed by atoms with Crippen molar-refractivity contribution in [3.8, 4) is 11.8 Å². The first-order valence-electron chi connectivity index (χ1n) is 10.2. The second-order valence-electron chi connectivity index (χ2n) is 6.90. The molecule has 0 aliphatic carbocycles. The number of ether oxygens (including phenoxy) is 1. The number of azo groups is 2. The summed E-state index contributed by atoms with van der Waals surface area (Å²) in [6.45, 7) is 2.86. The van der Waals surface area contributed by atoms with Gasteiger partial charge in [0.15, 0.2) is 0 Å².